The van der Waals surface area contributed by atoms with Gasteiger partial charge in [-0.1, -0.05) is 0 Å². The van der Waals surface area contributed by atoms with Crippen LogP contribution in [0.2, 0.25) is 0 Å². The zero-order valence-electron chi connectivity index (χ0n) is 9.79. The molecular formula is C14H10F3NO. The van der Waals surface area contributed by atoms with Gasteiger partial charge in [-0.05, 0) is 42.0 Å². The third kappa shape index (κ3) is 2.93. The van der Waals surface area contributed by atoms with Crippen molar-refractivity contribution < 1.29 is 18.0 Å². The molecule has 2 aromatic carbocycles. The summed E-state index contributed by atoms with van der Waals surface area (Å²) in [6.07, 6.45) is -0.378. The molecule has 0 atom stereocenters. The number of nitrogens with two attached hydrogens (primary N) is 1. The van der Waals surface area contributed by atoms with E-state index in [1.54, 1.807) is 0 Å². The van der Waals surface area contributed by atoms with Crippen LogP contribution in [0.25, 0.3) is 0 Å². The summed E-state index contributed by atoms with van der Waals surface area (Å²) in [6.45, 7) is 0. The van der Waals surface area contributed by atoms with Crippen molar-refractivity contribution in [2.75, 3.05) is 5.73 Å². The smallest absolute Gasteiger partial charge is 0.169 e. The summed E-state index contributed by atoms with van der Waals surface area (Å²) < 4.78 is 39.4. The van der Waals surface area contributed by atoms with Crippen LogP contribution in [0.1, 0.15) is 15.9 Å². The SMILES string of the molecule is Nc1ccc(F)cc1C(=O)Cc1cc(F)ccc1F. The number of carbonyl (C=O) groups is 1. The van der Waals surface area contributed by atoms with Gasteiger partial charge in [0, 0.05) is 17.7 Å². The highest BCUT2D eigenvalue weighted by atomic mass is 19.1. The summed E-state index contributed by atoms with van der Waals surface area (Å²) in [4.78, 5) is 11.9. The van der Waals surface area contributed by atoms with E-state index in [1.165, 1.54) is 6.07 Å². The van der Waals surface area contributed by atoms with Crippen molar-refractivity contribution in [3.8, 4) is 0 Å². The van der Waals surface area contributed by atoms with Crippen LogP contribution >= 0.6 is 0 Å². The van der Waals surface area contributed by atoms with Crippen LogP contribution in [0.3, 0.4) is 0 Å². The van der Waals surface area contributed by atoms with E-state index in [0.29, 0.717) is 0 Å². The van der Waals surface area contributed by atoms with E-state index in [2.05, 4.69) is 0 Å². The molecule has 0 fully saturated rings. The Morgan fingerprint density at radius 2 is 1.63 bits per heavy atom. The fourth-order valence-corrected chi connectivity index (χ4v) is 1.72. The van der Waals surface area contributed by atoms with E-state index in [4.69, 9.17) is 5.73 Å². The first-order chi connectivity index (χ1) is 8.97. The number of Topliss-reactive ketones (excluding diaryl/α,β-unsaturated/α-hetero) is 1. The second-order valence-electron chi connectivity index (χ2n) is 4.07. The summed E-state index contributed by atoms with van der Waals surface area (Å²) in [5, 5.41) is 0. The second kappa shape index (κ2) is 5.14. The van der Waals surface area contributed by atoms with Crippen molar-refractivity contribution >= 4 is 11.5 Å². The lowest BCUT2D eigenvalue weighted by Gasteiger charge is -2.06. The number of anilines is 1. The van der Waals surface area contributed by atoms with Crippen molar-refractivity contribution in [2.24, 2.45) is 0 Å². The Balaban J connectivity index is 2.30. The minimum atomic E-state index is -0.690. The molecule has 0 aliphatic heterocycles. The first kappa shape index (κ1) is 13.1. The molecule has 2 aromatic rings. The first-order valence-corrected chi connectivity index (χ1v) is 5.49. The van der Waals surface area contributed by atoms with Crippen LogP contribution in [0.4, 0.5) is 18.9 Å². The van der Waals surface area contributed by atoms with Crippen molar-refractivity contribution in [1.29, 1.82) is 0 Å². The van der Waals surface area contributed by atoms with Gasteiger partial charge >= 0.3 is 0 Å². The van der Waals surface area contributed by atoms with E-state index in [0.717, 1.165) is 30.3 Å². The largest absolute Gasteiger partial charge is 0.398 e. The molecule has 0 heterocycles. The number of ketones is 1. The Morgan fingerprint density at radius 1 is 1.00 bits per heavy atom. The van der Waals surface area contributed by atoms with Gasteiger partial charge in [-0.3, -0.25) is 4.79 Å². The third-order valence-electron chi connectivity index (χ3n) is 2.67. The van der Waals surface area contributed by atoms with E-state index in [1.807, 2.05) is 0 Å². The highest BCUT2D eigenvalue weighted by Gasteiger charge is 2.14. The molecule has 0 radical (unpaired) electrons. The van der Waals surface area contributed by atoms with Gasteiger partial charge in [0.15, 0.2) is 5.78 Å². The quantitative estimate of drug-likeness (QED) is 0.684. The Morgan fingerprint density at radius 3 is 2.37 bits per heavy atom. The van der Waals surface area contributed by atoms with Crippen LogP contribution < -0.4 is 5.73 Å². The van der Waals surface area contributed by atoms with Gasteiger partial charge < -0.3 is 5.73 Å². The number of rotatable bonds is 3. The molecule has 0 spiro atoms. The summed E-state index contributed by atoms with van der Waals surface area (Å²) in [7, 11) is 0. The molecule has 0 bridgehead atoms. The number of hydrogen-bond acceptors (Lipinski definition) is 2. The van der Waals surface area contributed by atoms with E-state index in [-0.39, 0.29) is 23.2 Å². The Bertz CT molecular complexity index is 641. The molecule has 0 saturated carbocycles. The number of hydrogen-bond donors (Lipinski definition) is 1. The fraction of sp³-hybridized carbons (Fsp3) is 0.0714. The topological polar surface area (TPSA) is 43.1 Å². The van der Waals surface area contributed by atoms with E-state index < -0.39 is 23.2 Å². The van der Waals surface area contributed by atoms with Crippen molar-refractivity contribution in [2.45, 2.75) is 6.42 Å². The third-order valence-corrected chi connectivity index (χ3v) is 2.67. The van der Waals surface area contributed by atoms with Crippen LogP contribution in [0, 0.1) is 17.5 Å². The molecule has 0 aliphatic carbocycles. The number of benzene rings is 2. The highest BCUT2D eigenvalue weighted by molar-refractivity contribution is 6.01. The van der Waals surface area contributed by atoms with E-state index in [9.17, 15) is 18.0 Å². The Labute approximate surface area is 107 Å². The van der Waals surface area contributed by atoms with Crippen LogP contribution in [-0.4, -0.2) is 5.78 Å². The average molecular weight is 265 g/mol. The summed E-state index contributed by atoms with van der Waals surface area (Å²) >= 11 is 0. The maximum Gasteiger partial charge on any atom is 0.169 e. The fourth-order valence-electron chi connectivity index (χ4n) is 1.72. The molecule has 0 aliphatic rings. The lowest BCUT2D eigenvalue weighted by molar-refractivity contribution is 0.0992. The van der Waals surface area contributed by atoms with Gasteiger partial charge in [-0.25, -0.2) is 13.2 Å². The number of nitrogen functional groups attached to an aromatic ring is 1. The van der Waals surface area contributed by atoms with Gasteiger partial charge in [-0.15, -0.1) is 0 Å². The zero-order valence-corrected chi connectivity index (χ0v) is 9.79. The van der Waals surface area contributed by atoms with Gasteiger partial charge in [0.05, 0.1) is 0 Å². The normalized spacial score (nSPS) is 10.5. The molecule has 0 aromatic heterocycles. The minimum Gasteiger partial charge on any atom is -0.398 e. The molecule has 0 amide bonds. The first-order valence-electron chi connectivity index (χ1n) is 5.49. The van der Waals surface area contributed by atoms with Crippen molar-refractivity contribution in [1.82, 2.24) is 0 Å². The highest BCUT2D eigenvalue weighted by Crippen LogP contribution is 2.18. The Kier molecular flexibility index (Phi) is 3.55. The maximum absolute atomic E-state index is 13.4. The van der Waals surface area contributed by atoms with E-state index >= 15 is 0 Å². The molecule has 0 unspecified atom stereocenters. The van der Waals surface area contributed by atoms with Gasteiger partial charge in [0.2, 0.25) is 0 Å². The molecule has 2 rings (SSSR count). The summed E-state index contributed by atoms with van der Waals surface area (Å²) in [5.74, 6) is -2.51. The monoisotopic (exact) mass is 265 g/mol. The summed E-state index contributed by atoms with van der Waals surface area (Å²) in [5.41, 5.74) is 5.53. The average Bonchev–Trinajstić information content (AvgIpc) is 2.36. The van der Waals surface area contributed by atoms with Crippen LogP contribution in [0.15, 0.2) is 36.4 Å². The minimum absolute atomic E-state index is 0.0383. The standard InChI is InChI=1S/C14H10F3NO/c15-9-1-3-12(17)8(5-9)6-14(19)11-7-10(16)2-4-13(11)18/h1-5,7H,6,18H2. The van der Waals surface area contributed by atoms with Crippen LogP contribution in [-0.2, 0) is 6.42 Å². The summed E-state index contributed by atoms with van der Waals surface area (Å²) in [6, 6.07) is 6.18. The predicted octanol–water partition coefficient (Wildman–Crippen LogP) is 3.11. The predicted molar refractivity (Wildman–Crippen MR) is 65.2 cm³/mol. The lowest BCUT2D eigenvalue weighted by atomic mass is 10.0. The molecule has 2 nitrogen and oxygen atoms in total. The maximum atomic E-state index is 13.4. The second-order valence-corrected chi connectivity index (χ2v) is 4.07. The van der Waals surface area contributed by atoms with Gasteiger partial charge in [-0.2, -0.15) is 0 Å². The zero-order chi connectivity index (χ0) is 14.0. The molecule has 0 saturated heterocycles. The molecule has 98 valence electrons. The molecule has 5 heteroatoms. The number of halogens is 3. The molecular weight excluding hydrogens is 255 g/mol. The lowest BCUT2D eigenvalue weighted by Crippen LogP contribution is -2.09. The van der Waals surface area contributed by atoms with Gasteiger partial charge in [0.1, 0.15) is 17.5 Å². The van der Waals surface area contributed by atoms with Gasteiger partial charge in [0.25, 0.3) is 0 Å². The number of carbonyl (C=O) groups excluding carboxylic acids is 1. The van der Waals surface area contributed by atoms with Crippen LogP contribution in [0.5, 0.6) is 0 Å². The van der Waals surface area contributed by atoms with Crippen molar-refractivity contribution in [3.05, 3.63) is 65.0 Å². The van der Waals surface area contributed by atoms with Crippen molar-refractivity contribution in [3.63, 3.8) is 0 Å². The Hall–Kier alpha value is -2.30. The molecule has 19 heavy (non-hydrogen) atoms. The molecule has 2 N–H and O–H groups in total.